The third-order valence-electron chi connectivity index (χ3n) is 6.18. The molecule has 1 heterocycles. The number of carbonyl (C=O) groups is 1. The van der Waals surface area contributed by atoms with Crippen molar-refractivity contribution >= 4 is 55.4 Å². The number of carbonyl (C=O) groups excluding carboxylic acids is 1. The highest BCUT2D eigenvalue weighted by Crippen LogP contribution is 2.28. The molecule has 0 aliphatic heterocycles. The average Bonchev–Trinajstić information content (AvgIpc) is 2.91. The third kappa shape index (κ3) is 5.79. The lowest BCUT2D eigenvalue weighted by Gasteiger charge is -2.21. The van der Waals surface area contributed by atoms with E-state index in [1.807, 2.05) is 57.2 Å². The number of hydrogen-bond acceptors (Lipinski definition) is 5. The number of aromatic nitrogens is 2. The molecular formula is C31H26BrFN4O3. The molecule has 0 saturated carbocycles. The van der Waals surface area contributed by atoms with Gasteiger partial charge in [0.05, 0.1) is 17.1 Å². The molecule has 1 amide bonds. The third-order valence-corrected chi connectivity index (χ3v) is 6.67. The number of benzene rings is 4. The Morgan fingerprint density at radius 1 is 1.05 bits per heavy atom. The minimum absolute atomic E-state index is 0.301. The maximum Gasteiger partial charge on any atom is 0.282 e. The van der Waals surface area contributed by atoms with E-state index in [2.05, 4.69) is 26.3 Å². The van der Waals surface area contributed by atoms with Gasteiger partial charge < -0.3 is 10.1 Å². The summed E-state index contributed by atoms with van der Waals surface area (Å²) in [5.41, 5.74) is 0.731. The number of fused-ring (bicyclic) bond motifs is 2. The first-order valence-corrected chi connectivity index (χ1v) is 13.4. The Bertz CT molecular complexity index is 1840. The zero-order chi connectivity index (χ0) is 28.4. The summed E-state index contributed by atoms with van der Waals surface area (Å²) in [7, 11) is 0. The van der Waals surface area contributed by atoms with Crippen LogP contribution in [0.3, 0.4) is 0 Å². The molecule has 202 valence electrons. The van der Waals surface area contributed by atoms with Gasteiger partial charge in [0.1, 0.15) is 17.4 Å². The fourth-order valence-electron chi connectivity index (χ4n) is 4.30. The van der Waals surface area contributed by atoms with Crippen molar-refractivity contribution in [3.05, 3.63) is 111 Å². The Morgan fingerprint density at radius 3 is 2.62 bits per heavy atom. The van der Waals surface area contributed by atoms with Gasteiger partial charge >= 0.3 is 0 Å². The normalized spacial score (nSPS) is 11.8. The maximum absolute atomic E-state index is 13.6. The molecule has 1 aromatic heterocycles. The van der Waals surface area contributed by atoms with Crippen molar-refractivity contribution in [2.75, 3.05) is 11.9 Å². The molecule has 0 bridgehead atoms. The Labute approximate surface area is 238 Å². The number of anilines is 1. The topological polar surface area (TPSA) is 85.6 Å². The molecule has 5 rings (SSSR count). The summed E-state index contributed by atoms with van der Waals surface area (Å²) in [6.07, 6.45) is 1.56. The highest BCUT2D eigenvalue weighted by molar-refractivity contribution is 9.10. The first kappa shape index (κ1) is 27.2. The molecule has 7 nitrogen and oxygen atoms in total. The van der Waals surface area contributed by atoms with Crippen LogP contribution in [0.2, 0.25) is 0 Å². The fraction of sp³-hybridized carbons (Fsp3) is 0.161. The van der Waals surface area contributed by atoms with E-state index in [-0.39, 0.29) is 12.2 Å². The quantitative estimate of drug-likeness (QED) is 0.221. The molecule has 4 aromatic carbocycles. The van der Waals surface area contributed by atoms with E-state index >= 15 is 0 Å². The molecule has 0 saturated heterocycles. The van der Waals surface area contributed by atoms with E-state index in [1.54, 1.807) is 30.5 Å². The SMILES string of the molecule is CC(C)(C)c1nc2ccc(Br)cc2c(=O)n1N=Cc1c(OCC(=O)Nc2cccc(F)c2)ccc2ccccc12. The summed E-state index contributed by atoms with van der Waals surface area (Å²) >= 11 is 3.43. The monoisotopic (exact) mass is 600 g/mol. The van der Waals surface area contributed by atoms with Crippen LogP contribution < -0.4 is 15.6 Å². The second-order valence-electron chi connectivity index (χ2n) is 10.3. The van der Waals surface area contributed by atoms with E-state index in [4.69, 9.17) is 9.72 Å². The molecule has 0 fully saturated rings. The molecule has 0 aliphatic carbocycles. The number of amides is 1. The van der Waals surface area contributed by atoms with Gasteiger partial charge in [0, 0.05) is 21.1 Å². The first-order valence-electron chi connectivity index (χ1n) is 12.6. The zero-order valence-corrected chi connectivity index (χ0v) is 23.7. The van der Waals surface area contributed by atoms with E-state index in [0.717, 1.165) is 15.2 Å². The lowest BCUT2D eigenvalue weighted by Crippen LogP contribution is -2.29. The molecule has 1 N–H and O–H groups in total. The van der Waals surface area contributed by atoms with E-state index < -0.39 is 17.1 Å². The average molecular weight is 601 g/mol. The van der Waals surface area contributed by atoms with Crippen LogP contribution in [0.15, 0.2) is 93.2 Å². The number of rotatable bonds is 6. The Kier molecular flexibility index (Phi) is 7.49. The number of hydrogen-bond donors (Lipinski definition) is 1. The summed E-state index contributed by atoms with van der Waals surface area (Å²) in [5, 5.41) is 9.44. The molecule has 40 heavy (non-hydrogen) atoms. The van der Waals surface area contributed by atoms with Crippen molar-refractivity contribution < 1.29 is 13.9 Å². The van der Waals surface area contributed by atoms with Crippen LogP contribution in [0, 0.1) is 5.82 Å². The van der Waals surface area contributed by atoms with Crippen LogP contribution in [-0.2, 0) is 10.2 Å². The minimum atomic E-state index is -0.481. The predicted octanol–water partition coefficient (Wildman–Crippen LogP) is 6.65. The van der Waals surface area contributed by atoms with Crippen molar-refractivity contribution in [2.24, 2.45) is 5.10 Å². The summed E-state index contributed by atoms with van der Waals surface area (Å²) in [4.78, 5) is 30.9. The molecule has 5 aromatic rings. The van der Waals surface area contributed by atoms with Gasteiger partial charge in [0.25, 0.3) is 11.5 Å². The molecule has 0 radical (unpaired) electrons. The summed E-state index contributed by atoms with van der Waals surface area (Å²) < 4.78 is 21.5. The molecule has 9 heteroatoms. The predicted molar refractivity (Wildman–Crippen MR) is 160 cm³/mol. The van der Waals surface area contributed by atoms with Crippen molar-refractivity contribution in [1.29, 1.82) is 0 Å². The van der Waals surface area contributed by atoms with Gasteiger partial charge in [-0.2, -0.15) is 9.78 Å². The van der Waals surface area contributed by atoms with Crippen molar-refractivity contribution in [2.45, 2.75) is 26.2 Å². The number of nitrogens with zero attached hydrogens (tertiary/aromatic N) is 3. The molecule has 0 unspecified atom stereocenters. The van der Waals surface area contributed by atoms with Gasteiger partial charge in [-0.1, -0.05) is 73.1 Å². The molecule has 0 aliphatic rings. The second kappa shape index (κ2) is 11.0. The summed E-state index contributed by atoms with van der Waals surface area (Å²) in [6.45, 7) is 5.59. The van der Waals surface area contributed by atoms with Gasteiger partial charge in [-0.25, -0.2) is 9.37 Å². The lowest BCUT2D eigenvalue weighted by atomic mass is 9.95. The van der Waals surface area contributed by atoms with Crippen LogP contribution >= 0.6 is 15.9 Å². The molecular weight excluding hydrogens is 575 g/mol. The minimum Gasteiger partial charge on any atom is -0.483 e. The maximum atomic E-state index is 13.6. The number of ether oxygens (including phenoxy) is 1. The number of nitrogens with one attached hydrogen (secondary N) is 1. The highest BCUT2D eigenvalue weighted by Gasteiger charge is 2.23. The first-order chi connectivity index (χ1) is 19.1. The van der Waals surface area contributed by atoms with Crippen molar-refractivity contribution in [1.82, 2.24) is 9.66 Å². The van der Waals surface area contributed by atoms with Crippen LogP contribution in [0.1, 0.15) is 32.2 Å². The van der Waals surface area contributed by atoms with E-state index in [9.17, 15) is 14.0 Å². The van der Waals surface area contributed by atoms with Gasteiger partial charge in [0.2, 0.25) is 0 Å². The standard InChI is InChI=1S/C31H26BrFN4O3/c1-31(2,3)30-36-26-13-12-20(32)15-24(26)29(39)37(30)34-17-25-23-10-5-4-7-19(23)11-14-27(25)40-18-28(38)35-22-9-6-8-21(33)16-22/h4-17H,18H2,1-3H3,(H,35,38). The largest absolute Gasteiger partial charge is 0.483 e. The molecule has 0 spiro atoms. The fourth-order valence-corrected chi connectivity index (χ4v) is 4.66. The highest BCUT2D eigenvalue weighted by atomic mass is 79.9. The number of halogens is 2. The van der Waals surface area contributed by atoms with Crippen LogP contribution in [0.5, 0.6) is 5.75 Å². The Hall–Kier alpha value is -4.37. The van der Waals surface area contributed by atoms with Crippen LogP contribution in [0.25, 0.3) is 21.7 Å². The van der Waals surface area contributed by atoms with Crippen LogP contribution in [0.4, 0.5) is 10.1 Å². The second-order valence-corrected chi connectivity index (χ2v) is 11.2. The van der Waals surface area contributed by atoms with Crippen molar-refractivity contribution in [3.8, 4) is 5.75 Å². The summed E-state index contributed by atoms with van der Waals surface area (Å²) in [6, 6.07) is 22.3. The van der Waals surface area contributed by atoms with Crippen molar-refractivity contribution in [3.63, 3.8) is 0 Å². The zero-order valence-electron chi connectivity index (χ0n) is 22.1. The molecule has 0 atom stereocenters. The summed E-state index contributed by atoms with van der Waals surface area (Å²) in [5.74, 6) is 0.00350. The van der Waals surface area contributed by atoms with Gasteiger partial charge in [-0.05, 0) is 53.2 Å². The van der Waals surface area contributed by atoms with Gasteiger partial charge in [0.15, 0.2) is 6.61 Å². The van der Waals surface area contributed by atoms with E-state index in [1.165, 1.54) is 22.9 Å². The smallest absolute Gasteiger partial charge is 0.282 e. The Morgan fingerprint density at radius 2 is 1.85 bits per heavy atom. The lowest BCUT2D eigenvalue weighted by molar-refractivity contribution is -0.118. The van der Waals surface area contributed by atoms with Gasteiger partial charge in [-0.3, -0.25) is 9.59 Å². The van der Waals surface area contributed by atoms with E-state index in [0.29, 0.717) is 33.7 Å². The van der Waals surface area contributed by atoms with Gasteiger partial charge in [-0.15, -0.1) is 0 Å². The van der Waals surface area contributed by atoms with Crippen LogP contribution in [-0.4, -0.2) is 28.4 Å². The Balaban J connectivity index is 1.55.